The molecule has 144 valence electrons. The third-order valence-corrected chi connectivity index (χ3v) is 3.67. The molecule has 0 radical (unpaired) electrons. The zero-order chi connectivity index (χ0) is 20.1. The Labute approximate surface area is 155 Å². The van der Waals surface area contributed by atoms with Crippen molar-refractivity contribution in [1.29, 1.82) is 0 Å². The first-order valence-electron chi connectivity index (χ1n) is 8.11. The number of ether oxygens (including phenoxy) is 1. The van der Waals surface area contributed by atoms with E-state index in [4.69, 9.17) is 4.74 Å². The van der Waals surface area contributed by atoms with Gasteiger partial charge in [0.2, 0.25) is 5.91 Å². The molecule has 1 atom stereocenters. The van der Waals surface area contributed by atoms with E-state index in [0.717, 1.165) is 4.90 Å². The van der Waals surface area contributed by atoms with Crippen molar-refractivity contribution in [2.45, 2.75) is 20.0 Å². The van der Waals surface area contributed by atoms with Gasteiger partial charge in [-0.1, -0.05) is 0 Å². The molecule has 5 amide bonds. The van der Waals surface area contributed by atoms with Crippen LogP contribution in [0.25, 0.3) is 0 Å². The summed E-state index contributed by atoms with van der Waals surface area (Å²) in [5, 5.41) is 5.16. The molecular weight excluding hydrogens is 356 g/mol. The summed E-state index contributed by atoms with van der Waals surface area (Å²) < 4.78 is 4.98. The lowest BCUT2D eigenvalue weighted by Gasteiger charge is -2.17. The van der Waals surface area contributed by atoms with E-state index in [1.807, 2.05) is 0 Å². The normalized spacial score (nSPS) is 14.8. The van der Waals surface area contributed by atoms with Gasteiger partial charge in [0.1, 0.15) is 13.1 Å². The van der Waals surface area contributed by atoms with E-state index in [0.29, 0.717) is 11.4 Å². The van der Waals surface area contributed by atoms with Crippen LogP contribution in [0.2, 0.25) is 0 Å². The Morgan fingerprint density at radius 3 is 2.15 bits per heavy atom. The van der Waals surface area contributed by atoms with Crippen molar-refractivity contribution in [3.63, 3.8) is 0 Å². The molecule has 1 aromatic carbocycles. The van der Waals surface area contributed by atoms with Gasteiger partial charge in [0.05, 0.1) is 0 Å². The number of nitrogens with one attached hydrogen (secondary N) is 2. The van der Waals surface area contributed by atoms with Gasteiger partial charge in [0, 0.05) is 25.3 Å². The van der Waals surface area contributed by atoms with E-state index >= 15 is 0 Å². The molecule has 1 aliphatic rings. The highest BCUT2D eigenvalue weighted by atomic mass is 16.5. The summed E-state index contributed by atoms with van der Waals surface area (Å²) in [4.78, 5) is 60.3. The van der Waals surface area contributed by atoms with Gasteiger partial charge in [-0.2, -0.15) is 0 Å². The summed E-state index contributed by atoms with van der Waals surface area (Å²) in [6.45, 7) is 2.10. The van der Waals surface area contributed by atoms with Gasteiger partial charge in [-0.3, -0.25) is 24.1 Å². The molecule has 1 saturated heterocycles. The number of imide groups is 1. The molecule has 2 rings (SSSR count). The number of esters is 1. The van der Waals surface area contributed by atoms with Crippen molar-refractivity contribution >= 4 is 41.1 Å². The number of urea groups is 1. The Morgan fingerprint density at radius 2 is 1.67 bits per heavy atom. The molecule has 0 bridgehead atoms. The quantitative estimate of drug-likeness (QED) is 0.547. The van der Waals surface area contributed by atoms with Crippen molar-refractivity contribution in [3.8, 4) is 0 Å². The molecule has 1 aliphatic heterocycles. The smallest absolute Gasteiger partial charge is 0.327 e. The van der Waals surface area contributed by atoms with Crippen molar-refractivity contribution < 1.29 is 28.7 Å². The van der Waals surface area contributed by atoms with Gasteiger partial charge in [-0.25, -0.2) is 4.79 Å². The van der Waals surface area contributed by atoms with Gasteiger partial charge in [0.15, 0.2) is 6.10 Å². The first-order valence-corrected chi connectivity index (χ1v) is 8.11. The molecule has 1 aromatic rings. The van der Waals surface area contributed by atoms with E-state index in [1.54, 1.807) is 24.3 Å². The average molecular weight is 376 g/mol. The molecule has 2 N–H and O–H groups in total. The highest BCUT2D eigenvalue weighted by Gasteiger charge is 2.35. The number of anilines is 2. The van der Waals surface area contributed by atoms with E-state index < -0.39 is 36.5 Å². The van der Waals surface area contributed by atoms with Crippen molar-refractivity contribution in [2.24, 2.45) is 0 Å². The standard InChI is InChI=1S/C17H20N4O6/c1-10(27-15(24)9-21-14(23)8-20(3)17(21)26)16(25)19-13-6-4-12(5-7-13)18-11(2)22/h4-7,10H,8-9H2,1-3H3,(H,18,22)(H,19,25)/t10-/m0/s1. The second-order valence-electron chi connectivity index (χ2n) is 6.00. The van der Waals surface area contributed by atoms with Crippen LogP contribution in [0.4, 0.5) is 16.2 Å². The summed E-state index contributed by atoms with van der Waals surface area (Å²) >= 11 is 0. The number of hydrogen-bond acceptors (Lipinski definition) is 6. The summed E-state index contributed by atoms with van der Waals surface area (Å²) in [5.74, 6) is -2.16. The largest absolute Gasteiger partial charge is 0.451 e. The third kappa shape index (κ3) is 5.27. The van der Waals surface area contributed by atoms with Crippen LogP contribution in [0.1, 0.15) is 13.8 Å². The number of rotatable bonds is 6. The Morgan fingerprint density at radius 1 is 1.11 bits per heavy atom. The minimum absolute atomic E-state index is 0.101. The maximum absolute atomic E-state index is 12.1. The first kappa shape index (κ1) is 19.9. The lowest BCUT2D eigenvalue weighted by Crippen LogP contribution is -2.39. The molecule has 1 heterocycles. The third-order valence-electron chi connectivity index (χ3n) is 3.67. The van der Waals surface area contributed by atoms with E-state index in [1.165, 1.54) is 25.8 Å². The molecular formula is C17H20N4O6. The van der Waals surface area contributed by atoms with E-state index in [-0.39, 0.29) is 12.5 Å². The fourth-order valence-electron chi connectivity index (χ4n) is 2.33. The Balaban J connectivity index is 1.86. The van der Waals surface area contributed by atoms with Crippen LogP contribution in [-0.4, -0.2) is 65.8 Å². The fraction of sp³-hybridized carbons (Fsp3) is 0.353. The molecule has 27 heavy (non-hydrogen) atoms. The number of amides is 5. The van der Waals surface area contributed by atoms with Crippen LogP contribution in [0.3, 0.4) is 0 Å². The van der Waals surface area contributed by atoms with Gasteiger partial charge in [-0.15, -0.1) is 0 Å². The van der Waals surface area contributed by atoms with Crippen molar-refractivity contribution in [1.82, 2.24) is 9.80 Å². The zero-order valence-corrected chi connectivity index (χ0v) is 15.1. The Kier molecular flexibility index (Phi) is 6.11. The second-order valence-corrected chi connectivity index (χ2v) is 6.00. The van der Waals surface area contributed by atoms with Gasteiger partial charge in [-0.05, 0) is 31.2 Å². The average Bonchev–Trinajstić information content (AvgIpc) is 2.82. The monoisotopic (exact) mass is 376 g/mol. The maximum Gasteiger partial charge on any atom is 0.327 e. The minimum atomic E-state index is -1.13. The molecule has 0 saturated carbocycles. The number of benzene rings is 1. The zero-order valence-electron chi connectivity index (χ0n) is 15.1. The maximum atomic E-state index is 12.1. The van der Waals surface area contributed by atoms with Crippen LogP contribution < -0.4 is 10.6 Å². The topological polar surface area (TPSA) is 125 Å². The van der Waals surface area contributed by atoms with Crippen LogP contribution >= 0.6 is 0 Å². The molecule has 10 nitrogen and oxygen atoms in total. The van der Waals surface area contributed by atoms with Gasteiger partial charge >= 0.3 is 12.0 Å². The highest BCUT2D eigenvalue weighted by Crippen LogP contribution is 2.14. The second kappa shape index (κ2) is 8.30. The highest BCUT2D eigenvalue weighted by molar-refractivity contribution is 6.04. The summed E-state index contributed by atoms with van der Waals surface area (Å²) in [6.07, 6.45) is -1.13. The van der Waals surface area contributed by atoms with Gasteiger partial charge in [0.25, 0.3) is 11.8 Å². The fourth-order valence-corrected chi connectivity index (χ4v) is 2.33. The minimum Gasteiger partial charge on any atom is -0.451 e. The summed E-state index contributed by atoms with van der Waals surface area (Å²) in [5.41, 5.74) is 1.02. The number of carbonyl (C=O) groups is 5. The van der Waals surface area contributed by atoms with Crippen LogP contribution in [0, 0.1) is 0 Å². The predicted octanol–water partition coefficient (Wildman–Crippen LogP) is 0.409. The van der Waals surface area contributed by atoms with E-state index in [2.05, 4.69) is 10.6 Å². The number of hydrogen-bond donors (Lipinski definition) is 2. The first-order chi connectivity index (χ1) is 12.7. The Bertz CT molecular complexity index is 776. The molecule has 1 fully saturated rings. The van der Waals surface area contributed by atoms with Crippen molar-refractivity contribution in [2.75, 3.05) is 30.8 Å². The number of carbonyl (C=O) groups excluding carboxylic acids is 5. The molecule has 0 aromatic heterocycles. The van der Waals surface area contributed by atoms with Crippen LogP contribution in [0.5, 0.6) is 0 Å². The van der Waals surface area contributed by atoms with Crippen molar-refractivity contribution in [3.05, 3.63) is 24.3 Å². The van der Waals surface area contributed by atoms with Gasteiger partial charge < -0.3 is 20.3 Å². The van der Waals surface area contributed by atoms with Crippen LogP contribution in [-0.2, 0) is 23.9 Å². The Hall–Kier alpha value is -3.43. The molecule has 0 unspecified atom stereocenters. The molecule has 0 spiro atoms. The van der Waals surface area contributed by atoms with Crippen LogP contribution in [0.15, 0.2) is 24.3 Å². The summed E-state index contributed by atoms with van der Waals surface area (Å²) in [7, 11) is 1.44. The lowest BCUT2D eigenvalue weighted by molar-refractivity contribution is -0.154. The number of nitrogens with zero attached hydrogens (tertiary/aromatic N) is 2. The SMILES string of the molecule is CC(=O)Nc1ccc(NC(=O)[C@H](C)OC(=O)CN2C(=O)CN(C)C2=O)cc1. The molecule has 0 aliphatic carbocycles. The summed E-state index contributed by atoms with van der Waals surface area (Å²) in [6, 6.07) is 5.78. The van der Waals surface area contributed by atoms with E-state index in [9.17, 15) is 24.0 Å². The molecule has 10 heteroatoms. The lowest BCUT2D eigenvalue weighted by atomic mass is 10.2. The number of likely N-dealkylation sites (N-methyl/N-ethyl adjacent to an activating group) is 1. The predicted molar refractivity (Wildman–Crippen MR) is 94.7 cm³/mol.